The second-order valence-electron chi connectivity index (χ2n) is 6.85. The number of hydrogen-bond donors (Lipinski definition) is 3. The zero-order valence-electron chi connectivity index (χ0n) is 15.4. The molecule has 0 bridgehead atoms. The molecule has 2 aromatic carbocycles. The lowest BCUT2D eigenvalue weighted by molar-refractivity contribution is 0.481. The van der Waals surface area contributed by atoms with Crippen molar-refractivity contribution in [2.75, 3.05) is 0 Å². The molecule has 0 aliphatic carbocycles. The van der Waals surface area contributed by atoms with Gasteiger partial charge in [0.2, 0.25) is 0 Å². The minimum atomic E-state index is -0.406. The molecule has 4 aromatic rings. The van der Waals surface area contributed by atoms with E-state index < -0.39 is 5.56 Å². The summed E-state index contributed by atoms with van der Waals surface area (Å²) in [5.74, 6) is -0.168. The number of para-hydroxylation sites is 2. The second-order valence-corrected chi connectivity index (χ2v) is 6.85. The van der Waals surface area contributed by atoms with Crippen molar-refractivity contribution >= 4 is 34.5 Å². The van der Waals surface area contributed by atoms with E-state index in [0.29, 0.717) is 10.9 Å². The molecule has 7 nitrogen and oxygen atoms in total. The predicted molar refractivity (Wildman–Crippen MR) is 114 cm³/mol. The lowest BCUT2D eigenvalue weighted by Crippen LogP contribution is -2.19. The maximum Gasteiger partial charge on any atom is 0.271 e. The molecular weight excluding hydrogens is 368 g/mol. The van der Waals surface area contributed by atoms with Gasteiger partial charge in [-0.2, -0.15) is 0 Å². The van der Waals surface area contributed by atoms with Crippen LogP contribution in [-0.2, 0) is 7.05 Å². The van der Waals surface area contributed by atoms with Crippen molar-refractivity contribution in [1.29, 1.82) is 0 Å². The first kappa shape index (κ1) is 17.0. The van der Waals surface area contributed by atoms with Crippen LogP contribution in [0.1, 0.15) is 11.1 Å². The molecule has 0 atom stereocenters. The molecule has 0 fully saturated rings. The van der Waals surface area contributed by atoms with Crippen molar-refractivity contribution in [2.45, 2.75) is 0 Å². The van der Waals surface area contributed by atoms with Crippen LogP contribution in [0.3, 0.4) is 0 Å². The zero-order chi connectivity index (χ0) is 20.1. The van der Waals surface area contributed by atoms with E-state index in [2.05, 4.69) is 15.2 Å². The van der Waals surface area contributed by atoms with Crippen molar-refractivity contribution < 1.29 is 5.11 Å². The van der Waals surface area contributed by atoms with E-state index in [-0.39, 0.29) is 28.1 Å². The Labute approximate surface area is 164 Å². The minimum absolute atomic E-state index is 0.0413. The molecule has 0 spiro atoms. The summed E-state index contributed by atoms with van der Waals surface area (Å²) in [6, 6.07) is 14.7. The fraction of sp³-hybridized carbons (Fsp3) is 0.0455. The molecule has 0 radical (unpaired) electrons. The van der Waals surface area contributed by atoms with E-state index in [4.69, 9.17) is 0 Å². The summed E-state index contributed by atoms with van der Waals surface area (Å²) in [5.41, 5.74) is 2.81. The molecule has 7 heteroatoms. The number of aromatic nitrogens is 3. The van der Waals surface area contributed by atoms with Gasteiger partial charge in [0.05, 0.1) is 22.5 Å². The number of H-pyrrole nitrogens is 2. The van der Waals surface area contributed by atoms with Gasteiger partial charge >= 0.3 is 0 Å². The first-order valence-corrected chi connectivity index (χ1v) is 9.03. The third kappa shape index (κ3) is 2.48. The molecule has 3 heterocycles. The average Bonchev–Trinajstić information content (AvgIpc) is 3.31. The van der Waals surface area contributed by atoms with Crippen molar-refractivity contribution in [1.82, 2.24) is 14.8 Å². The Morgan fingerprint density at radius 1 is 1.03 bits per heavy atom. The Hall–Kier alpha value is -4.13. The lowest BCUT2D eigenvalue weighted by Gasteiger charge is -2.11. The Balaban J connectivity index is 1.78. The highest BCUT2D eigenvalue weighted by molar-refractivity contribution is 6.21. The van der Waals surface area contributed by atoms with Crippen molar-refractivity contribution in [3.8, 4) is 17.0 Å². The van der Waals surface area contributed by atoms with Crippen LogP contribution in [0.5, 0.6) is 5.75 Å². The molecule has 1 aliphatic rings. The summed E-state index contributed by atoms with van der Waals surface area (Å²) in [5, 5.41) is 16.7. The fourth-order valence-electron chi connectivity index (χ4n) is 3.72. The topological polar surface area (TPSA) is 103 Å². The molecule has 1 aliphatic heterocycles. The quantitative estimate of drug-likeness (QED) is 0.494. The number of allylic oxidation sites excluding steroid dienone is 1. The molecule has 0 amide bonds. The number of aryl methyl sites for hydroxylation is 1. The summed E-state index contributed by atoms with van der Waals surface area (Å²) in [7, 11) is 1.64. The lowest BCUT2D eigenvalue weighted by atomic mass is 10.0. The van der Waals surface area contributed by atoms with Gasteiger partial charge in [0.1, 0.15) is 11.3 Å². The summed E-state index contributed by atoms with van der Waals surface area (Å²) in [6.45, 7) is 0. The standard InChI is InChI=1S/C22H16N4O3/c1-26-17-9-5-3-7-14(17)20(27)18(22(26)29)19-15(21(28)25-24-19)10-12-11-23-16-8-4-2-6-13(12)16/h2-11,27H,1H3,(H2,24,25,28)/b12-10+. The zero-order valence-corrected chi connectivity index (χ0v) is 15.4. The van der Waals surface area contributed by atoms with Crippen LogP contribution in [0, 0.1) is 0 Å². The molecule has 5 rings (SSSR count). The van der Waals surface area contributed by atoms with E-state index in [9.17, 15) is 14.7 Å². The smallest absolute Gasteiger partial charge is 0.271 e. The number of pyridine rings is 1. The van der Waals surface area contributed by atoms with E-state index in [1.54, 1.807) is 43.6 Å². The van der Waals surface area contributed by atoms with E-state index >= 15 is 0 Å². The van der Waals surface area contributed by atoms with E-state index in [1.807, 2.05) is 24.3 Å². The molecule has 3 N–H and O–H groups in total. The monoisotopic (exact) mass is 384 g/mol. The Kier molecular flexibility index (Phi) is 3.64. The van der Waals surface area contributed by atoms with Crippen LogP contribution >= 0.6 is 0 Å². The largest absolute Gasteiger partial charge is 0.506 e. The first-order chi connectivity index (χ1) is 14.1. The minimum Gasteiger partial charge on any atom is -0.506 e. The summed E-state index contributed by atoms with van der Waals surface area (Å²) in [6.07, 6.45) is 3.35. The SMILES string of the molecule is Cn1c(=O)c(-c2[nH][nH]c(=O)c2/C=C2\C=Nc3ccccc32)c(O)c2ccccc21. The number of aromatic amines is 2. The van der Waals surface area contributed by atoms with Gasteiger partial charge in [-0.1, -0.05) is 30.3 Å². The maximum atomic E-state index is 13.0. The molecule has 142 valence electrons. The number of hydrogen-bond acceptors (Lipinski definition) is 4. The molecule has 2 aromatic heterocycles. The van der Waals surface area contributed by atoms with Crippen molar-refractivity contribution in [2.24, 2.45) is 12.0 Å². The number of aromatic hydroxyl groups is 1. The second kappa shape index (κ2) is 6.20. The predicted octanol–water partition coefficient (Wildman–Crippen LogP) is 3.18. The van der Waals surface area contributed by atoms with Gasteiger partial charge in [-0.15, -0.1) is 0 Å². The van der Waals surface area contributed by atoms with Crippen LogP contribution in [0.2, 0.25) is 0 Å². The number of rotatable bonds is 2. The van der Waals surface area contributed by atoms with Crippen LogP contribution in [0.25, 0.3) is 33.8 Å². The van der Waals surface area contributed by atoms with Crippen molar-refractivity contribution in [3.05, 3.63) is 80.4 Å². The number of benzene rings is 2. The number of aliphatic imine (C=N–C) groups is 1. The van der Waals surface area contributed by atoms with Gasteiger partial charge in [0.25, 0.3) is 11.1 Å². The van der Waals surface area contributed by atoms with Crippen LogP contribution in [0.4, 0.5) is 5.69 Å². The Morgan fingerprint density at radius 2 is 1.79 bits per heavy atom. The van der Waals surface area contributed by atoms with Gasteiger partial charge in [-0.3, -0.25) is 24.8 Å². The van der Waals surface area contributed by atoms with Crippen LogP contribution < -0.4 is 11.1 Å². The van der Waals surface area contributed by atoms with Crippen LogP contribution in [0.15, 0.2) is 63.1 Å². The third-order valence-electron chi connectivity index (χ3n) is 5.20. The Bertz CT molecular complexity index is 1470. The van der Waals surface area contributed by atoms with Gasteiger partial charge in [0.15, 0.2) is 0 Å². The molecular formula is C22H16N4O3. The first-order valence-electron chi connectivity index (χ1n) is 9.03. The third-order valence-corrected chi connectivity index (χ3v) is 5.20. The average molecular weight is 384 g/mol. The Morgan fingerprint density at radius 3 is 2.66 bits per heavy atom. The molecule has 0 saturated heterocycles. The summed E-state index contributed by atoms with van der Waals surface area (Å²) < 4.78 is 1.46. The van der Waals surface area contributed by atoms with E-state index in [0.717, 1.165) is 16.8 Å². The molecule has 0 saturated carbocycles. The van der Waals surface area contributed by atoms with Gasteiger partial charge < -0.3 is 9.67 Å². The number of nitrogens with zero attached hydrogens (tertiary/aromatic N) is 2. The highest BCUT2D eigenvalue weighted by Gasteiger charge is 2.22. The van der Waals surface area contributed by atoms with Gasteiger partial charge in [0, 0.05) is 29.8 Å². The van der Waals surface area contributed by atoms with E-state index in [1.165, 1.54) is 4.57 Å². The summed E-state index contributed by atoms with van der Waals surface area (Å²) in [4.78, 5) is 29.9. The van der Waals surface area contributed by atoms with Crippen molar-refractivity contribution in [3.63, 3.8) is 0 Å². The summed E-state index contributed by atoms with van der Waals surface area (Å²) >= 11 is 0. The number of nitrogens with one attached hydrogen (secondary N) is 2. The van der Waals surface area contributed by atoms with Gasteiger partial charge in [-0.05, 0) is 24.3 Å². The maximum absolute atomic E-state index is 13.0. The normalized spacial score (nSPS) is 14.0. The number of fused-ring (bicyclic) bond motifs is 2. The van der Waals surface area contributed by atoms with Crippen LogP contribution in [-0.4, -0.2) is 26.1 Å². The van der Waals surface area contributed by atoms with Gasteiger partial charge in [-0.25, -0.2) is 0 Å². The molecule has 0 unspecified atom stereocenters. The highest BCUT2D eigenvalue weighted by Crippen LogP contribution is 2.35. The highest BCUT2D eigenvalue weighted by atomic mass is 16.3. The molecule has 29 heavy (non-hydrogen) atoms. The fourth-order valence-corrected chi connectivity index (χ4v) is 3.72.